The molecule has 0 aliphatic heterocycles. The van der Waals surface area contributed by atoms with Gasteiger partial charge in [0, 0.05) is 5.56 Å². The van der Waals surface area contributed by atoms with E-state index in [1.807, 2.05) is 0 Å². The summed E-state index contributed by atoms with van der Waals surface area (Å²) in [6, 6.07) is 10.8. The maximum atomic E-state index is 12.2. The molecule has 0 amide bonds. The van der Waals surface area contributed by atoms with Gasteiger partial charge in [0.25, 0.3) is 5.69 Å². The molecule has 0 atom stereocenters. The smallest absolute Gasteiger partial charge is 0.345 e. The molecule has 2 rings (SSSR count). The monoisotopic (exact) mass is 329 g/mol. The summed E-state index contributed by atoms with van der Waals surface area (Å²) >= 11 is 0. The first-order valence-corrected chi connectivity index (χ1v) is 7.03. The number of aryl methyl sites for hydroxylation is 1. The molecule has 0 fully saturated rings. The molecule has 0 aliphatic carbocycles. The van der Waals surface area contributed by atoms with Crippen molar-refractivity contribution in [3.8, 4) is 5.75 Å². The Hall–Kier alpha value is -3.22. The van der Waals surface area contributed by atoms with Gasteiger partial charge in [-0.05, 0) is 25.1 Å². The van der Waals surface area contributed by atoms with Crippen molar-refractivity contribution in [1.29, 1.82) is 0 Å². The van der Waals surface area contributed by atoms with Gasteiger partial charge in [0.2, 0.25) is 5.78 Å². The Kier molecular flexibility index (Phi) is 5.26. The Bertz CT molecular complexity index is 799. The molecular weight excluding hydrogens is 314 g/mol. The molecule has 2 aromatic rings. The average molecular weight is 329 g/mol. The minimum Gasteiger partial charge on any atom is -0.496 e. The van der Waals surface area contributed by atoms with E-state index < -0.39 is 23.3 Å². The highest BCUT2D eigenvalue weighted by atomic mass is 16.6. The number of hydrogen-bond donors (Lipinski definition) is 0. The van der Waals surface area contributed by atoms with Gasteiger partial charge in [0.15, 0.2) is 6.61 Å². The zero-order valence-corrected chi connectivity index (χ0v) is 13.1. The third-order valence-electron chi connectivity index (χ3n) is 3.38. The van der Waals surface area contributed by atoms with Crippen LogP contribution in [0.2, 0.25) is 0 Å². The Morgan fingerprint density at radius 2 is 1.75 bits per heavy atom. The molecule has 0 spiro atoms. The highest BCUT2D eigenvalue weighted by Crippen LogP contribution is 2.24. The average Bonchev–Trinajstić information content (AvgIpc) is 2.58. The highest BCUT2D eigenvalue weighted by molar-refractivity contribution is 6.02. The van der Waals surface area contributed by atoms with Crippen molar-refractivity contribution in [2.75, 3.05) is 13.7 Å². The maximum absolute atomic E-state index is 12.2. The Morgan fingerprint density at radius 3 is 2.42 bits per heavy atom. The van der Waals surface area contributed by atoms with Gasteiger partial charge in [-0.25, -0.2) is 4.79 Å². The molecule has 0 saturated carbocycles. The van der Waals surface area contributed by atoms with E-state index in [1.54, 1.807) is 24.3 Å². The normalized spacial score (nSPS) is 10.1. The van der Waals surface area contributed by atoms with Crippen LogP contribution in [0, 0.1) is 17.0 Å². The summed E-state index contributed by atoms with van der Waals surface area (Å²) in [7, 11) is 1.42. The van der Waals surface area contributed by atoms with Gasteiger partial charge in [0.05, 0.1) is 17.6 Å². The second-order valence-corrected chi connectivity index (χ2v) is 4.93. The van der Waals surface area contributed by atoms with Crippen LogP contribution in [0.5, 0.6) is 5.75 Å². The fourth-order valence-corrected chi connectivity index (χ4v) is 2.23. The molecule has 0 aliphatic rings. The molecule has 0 saturated heterocycles. The quantitative estimate of drug-likeness (QED) is 0.350. The van der Waals surface area contributed by atoms with Crippen molar-refractivity contribution in [1.82, 2.24) is 0 Å². The van der Waals surface area contributed by atoms with Crippen LogP contribution >= 0.6 is 0 Å². The van der Waals surface area contributed by atoms with E-state index >= 15 is 0 Å². The molecule has 7 nitrogen and oxygen atoms in total. The zero-order valence-electron chi connectivity index (χ0n) is 13.1. The van der Waals surface area contributed by atoms with Gasteiger partial charge in [0.1, 0.15) is 11.3 Å². The third-order valence-corrected chi connectivity index (χ3v) is 3.38. The van der Waals surface area contributed by atoms with E-state index in [0.717, 1.165) is 0 Å². The van der Waals surface area contributed by atoms with Gasteiger partial charge in [-0.1, -0.05) is 24.3 Å². The van der Waals surface area contributed by atoms with E-state index in [4.69, 9.17) is 9.47 Å². The van der Waals surface area contributed by atoms with E-state index in [9.17, 15) is 19.7 Å². The number of nitro groups is 1. The molecule has 0 bridgehead atoms. The number of ether oxygens (including phenoxy) is 2. The fourth-order valence-electron chi connectivity index (χ4n) is 2.23. The molecule has 124 valence electrons. The minimum atomic E-state index is -0.923. The molecule has 0 radical (unpaired) electrons. The number of carbonyl (C=O) groups excluding carboxylic acids is 2. The lowest BCUT2D eigenvalue weighted by Gasteiger charge is -2.08. The lowest BCUT2D eigenvalue weighted by molar-refractivity contribution is -0.385. The first-order valence-electron chi connectivity index (χ1n) is 7.03. The second kappa shape index (κ2) is 7.36. The second-order valence-electron chi connectivity index (χ2n) is 4.93. The molecule has 0 heterocycles. The number of methoxy groups -OCH3 is 1. The number of Topliss-reactive ketones (excluding diaryl/α,β-unsaturated/α-hetero) is 1. The van der Waals surface area contributed by atoms with Gasteiger partial charge < -0.3 is 9.47 Å². The largest absolute Gasteiger partial charge is 0.496 e. The lowest BCUT2D eigenvalue weighted by Crippen LogP contribution is -2.16. The van der Waals surface area contributed by atoms with Gasteiger partial charge in [-0.2, -0.15) is 0 Å². The number of esters is 1. The lowest BCUT2D eigenvalue weighted by atomic mass is 10.1. The van der Waals surface area contributed by atoms with Crippen LogP contribution in [0.25, 0.3) is 0 Å². The predicted molar refractivity (Wildman–Crippen MR) is 85.4 cm³/mol. The number of benzene rings is 2. The van der Waals surface area contributed by atoms with Crippen LogP contribution in [0.4, 0.5) is 5.69 Å². The van der Waals surface area contributed by atoms with Crippen molar-refractivity contribution in [3.05, 3.63) is 69.3 Å². The molecule has 0 N–H and O–H groups in total. The SMILES string of the molecule is COc1ccccc1C(=O)COC(=O)c1cccc(C)c1[N+](=O)[O-]. The van der Waals surface area contributed by atoms with E-state index in [0.29, 0.717) is 11.3 Å². The van der Waals surface area contributed by atoms with Gasteiger partial charge in [-0.15, -0.1) is 0 Å². The van der Waals surface area contributed by atoms with Crippen molar-refractivity contribution in [2.24, 2.45) is 0 Å². The van der Waals surface area contributed by atoms with Crippen LogP contribution < -0.4 is 4.74 Å². The number of carbonyl (C=O) groups is 2. The summed E-state index contributed by atoms with van der Waals surface area (Å²) < 4.78 is 10.0. The molecule has 2 aromatic carbocycles. The third kappa shape index (κ3) is 3.57. The number of para-hydroxylation sites is 2. The number of nitrogens with zero attached hydrogens (tertiary/aromatic N) is 1. The van der Waals surface area contributed by atoms with E-state index in [-0.39, 0.29) is 16.8 Å². The summed E-state index contributed by atoms with van der Waals surface area (Å²) in [4.78, 5) is 34.7. The summed E-state index contributed by atoms with van der Waals surface area (Å²) in [6.07, 6.45) is 0. The summed E-state index contributed by atoms with van der Waals surface area (Å²) in [5.41, 5.74) is 0.0946. The van der Waals surface area contributed by atoms with E-state index in [2.05, 4.69) is 0 Å². The zero-order chi connectivity index (χ0) is 17.7. The van der Waals surface area contributed by atoms with Crippen LogP contribution in [0.3, 0.4) is 0 Å². The van der Waals surface area contributed by atoms with Crippen LogP contribution in [0.1, 0.15) is 26.3 Å². The first kappa shape index (κ1) is 17.1. The Morgan fingerprint density at radius 1 is 1.08 bits per heavy atom. The molecule has 24 heavy (non-hydrogen) atoms. The Balaban J connectivity index is 2.16. The minimum absolute atomic E-state index is 0.187. The summed E-state index contributed by atoms with van der Waals surface area (Å²) in [6.45, 7) is 0.985. The first-order chi connectivity index (χ1) is 11.5. The van der Waals surface area contributed by atoms with Crippen LogP contribution in [0.15, 0.2) is 42.5 Å². The number of hydrogen-bond acceptors (Lipinski definition) is 6. The van der Waals surface area contributed by atoms with Gasteiger partial charge >= 0.3 is 5.97 Å². The number of rotatable bonds is 6. The molecule has 7 heteroatoms. The van der Waals surface area contributed by atoms with Crippen LogP contribution in [-0.2, 0) is 4.74 Å². The Labute approximate surface area is 138 Å². The molecule has 0 aromatic heterocycles. The van der Waals surface area contributed by atoms with Crippen molar-refractivity contribution < 1.29 is 24.0 Å². The predicted octanol–water partition coefficient (Wildman–Crippen LogP) is 2.95. The topological polar surface area (TPSA) is 95.7 Å². The summed E-state index contributed by atoms with van der Waals surface area (Å²) in [5, 5.41) is 11.1. The van der Waals surface area contributed by atoms with E-state index in [1.165, 1.54) is 32.2 Å². The number of ketones is 1. The maximum Gasteiger partial charge on any atom is 0.345 e. The fraction of sp³-hybridized carbons (Fsp3) is 0.176. The standard InChI is InChI=1S/C17H15NO6/c1-11-6-5-8-13(16(11)18(21)22)17(20)24-10-14(19)12-7-3-4-9-15(12)23-2/h3-9H,10H2,1-2H3. The van der Waals surface area contributed by atoms with Crippen molar-refractivity contribution >= 4 is 17.4 Å². The molecular formula is C17H15NO6. The van der Waals surface area contributed by atoms with Crippen LogP contribution in [-0.4, -0.2) is 30.4 Å². The summed E-state index contributed by atoms with van der Waals surface area (Å²) in [5.74, 6) is -1.02. The van der Waals surface area contributed by atoms with Crippen molar-refractivity contribution in [2.45, 2.75) is 6.92 Å². The van der Waals surface area contributed by atoms with Gasteiger partial charge in [-0.3, -0.25) is 14.9 Å². The highest BCUT2D eigenvalue weighted by Gasteiger charge is 2.24. The number of nitro benzene ring substituents is 1. The van der Waals surface area contributed by atoms with Crippen molar-refractivity contribution in [3.63, 3.8) is 0 Å². The molecule has 0 unspecified atom stereocenters.